The van der Waals surface area contributed by atoms with Crippen molar-refractivity contribution in [2.45, 2.75) is 31.7 Å². The number of carbonyl (C=O) groups is 1. The molecule has 0 bridgehead atoms. The fraction of sp³-hybridized carbons (Fsp3) is 0.533. The Hall–Kier alpha value is -1.55. The molecule has 19 heavy (non-hydrogen) atoms. The van der Waals surface area contributed by atoms with Crippen LogP contribution < -0.4 is 5.32 Å². The monoisotopic (exact) mass is 262 g/mol. The Morgan fingerprint density at radius 2 is 1.89 bits per heavy atom. The van der Waals surface area contributed by atoms with Crippen LogP contribution in [-0.4, -0.2) is 41.8 Å². The molecule has 1 aliphatic heterocycles. The van der Waals surface area contributed by atoms with Gasteiger partial charge in [-0.25, -0.2) is 4.79 Å². The summed E-state index contributed by atoms with van der Waals surface area (Å²) >= 11 is 0. The lowest BCUT2D eigenvalue weighted by molar-refractivity contribution is 0.172. The van der Waals surface area contributed by atoms with E-state index in [1.807, 2.05) is 35.2 Å². The summed E-state index contributed by atoms with van der Waals surface area (Å²) in [5.74, 6) is 0. The molecule has 0 saturated carbocycles. The first kappa shape index (κ1) is 13.9. The van der Waals surface area contributed by atoms with Crippen molar-refractivity contribution in [3.63, 3.8) is 0 Å². The topological polar surface area (TPSA) is 52.6 Å². The van der Waals surface area contributed by atoms with Crippen LogP contribution in [0.25, 0.3) is 0 Å². The fourth-order valence-electron chi connectivity index (χ4n) is 2.42. The summed E-state index contributed by atoms with van der Waals surface area (Å²) in [4.78, 5) is 13.9. The van der Waals surface area contributed by atoms with Crippen molar-refractivity contribution < 1.29 is 9.90 Å². The molecule has 1 saturated heterocycles. The van der Waals surface area contributed by atoms with Crippen molar-refractivity contribution >= 4 is 6.03 Å². The zero-order chi connectivity index (χ0) is 13.5. The van der Waals surface area contributed by atoms with Crippen LogP contribution in [0.2, 0.25) is 0 Å². The molecule has 4 heteroatoms. The van der Waals surface area contributed by atoms with Crippen LogP contribution in [0.1, 0.15) is 24.8 Å². The fourth-order valence-corrected chi connectivity index (χ4v) is 2.42. The van der Waals surface area contributed by atoms with Gasteiger partial charge < -0.3 is 15.3 Å². The number of rotatable bonds is 4. The summed E-state index contributed by atoms with van der Waals surface area (Å²) in [7, 11) is 0. The van der Waals surface area contributed by atoms with Gasteiger partial charge in [-0.1, -0.05) is 30.3 Å². The summed E-state index contributed by atoms with van der Waals surface area (Å²) in [6, 6.07) is 9.66. The van der Waals surface area contributed by atoms with Crippen LogP contribution in [0.15, 0.2) is 30.3 Å². The number of carbonyl (C=O) groups excluding carboxylic acids is 1. The molecule has 1 heterocycles. The number of urea groups is 1. The van der Waals surface area contributed by atoms with Crippen molar-refractivity contribution in [3.8, 4) is 0 Å². The number of aliphatic hydroxyl groups excluding tert-OH is 1. The van der Waals surface area contributed by atoms with Crippen molar-refractivity contribution in [1.29, 1.82) is 0 Å². The quantitative estimate of drug-likeness (QED) is 0.869. The molecule has 0 aliphatic carbocycles. The third-order valence-electron chi connectivity index (χ3n) is 3.52. The Bertz CT molecular complexity index is 388. The van der Waals surface area contributed by atoms with Gasteiger partial charge in [0.15, 0.2) is 0 Å². The third-order valence-corrected chi connectivity index (χ3v) is 3.52. The lowest BCUT2D eigenvalue weighted by Gasteiger charge is -2.29. The van der Waals surface area contributed by atoms with Crippen LogP contribution in [0.4, 0.5) is 4.79 Å². The molecule has 2 amide bonds. The van der Waals surface area contributed by atoms with Gasteiger partial charge in [-0.15, -0.1) is 0 Å². The SMILES string of the molecule is O=C(NC(CO)Cc1ccccc1)N1CCCCC1. The van der Waals surface area contributed by atoms with Crippen LogP contribution in [-0.2, 0) is 6.42 Å². The standard InChI is InChI=1S/C15H22N2O2/c18-12-14(11-13-7-3-1-4-8-13)16-15(19)17-9-5-2-6-10-17/h1,3-4,7-8,14,18H,2,5-6,9-12H2,(H,16,19). The largest absolute Gasteiger partial charge is 0.394 e. The van der Waals surface area contributed by atoms with Crippen LogP contribution >= 0.6 is 0 Å². The van der Waals surface area contributed by atoms with Gasteiger partial charge in [0.2, 0.25) is 0 Å². The van der Waals surface area contributed by atoms with E-state index in [2.05, 4.69) is 5.32 Å². The number of amides is 2. The smallest absolute Gasteiger partial charge is 0.317 e. The van der Waals surface area contributed by atoms with Crippen LogP contribution in [0, 0.1) is 0 Å². The number of benzene rings is 1. The van der Waals surface area contributed by atoms with Crippen molar-refractivity contribution in [1.82, 2.24) is 10.2 Å². The normalized spacial score (nSPS) is 17.0. The number of aliphatic hydroxyl groups is 1. The van der Waals surface area contributed by atoms with Crippen LogP contribution in [0.3, 0.4) is 0 Å². The number of hydrogen-bond acceptors (Lipinski definition) is 2. The molecule has 1 atom stereocenters. The van der Waals surface area contributed by atoms with Gasteiger partial charge in [0, 0.05) is 13.1 Å². The van der Waals surface area contributed by atoms with E-state index in [0.717, 1.165) is 31.5 Å². The van der Waals surface area contributed by atoms with Gasteiger partial charge >= 0.3 is 6.03 Å². The number of hydrogen-bond donors (Lipinski definition) is 2. The molecule has 2 rings (SSSR count). The van der Waals surface area contributed by atoms with E-state index in [1.165, 1.54) is 6.42 Å². The molecule has 2 N–H and O–H groups in total. The molecule has 1 aliphatic rings. The number of nitrogens with zero attached hydrogens (tertiary/aromatic N) is 1. The maximum absolute atomic E-state index is 12.1. The van der Waals surface area contributed by atoms with Crippen molar-refractivity contribution in [3.05, 3.63) is 35.9 Å². The lowest BCUT2D eigenvalue weighted by atomic mass is 10.1. The van der Waals surface area contributed by atoms with Crippen molar-refractivity contribution in [2.75, 3.05) is 19.7 Å². The number of piperidine rings is 1. The van der Waals surface area contributed by atoms with E-state index < -0.39 is 0 Å². The van der Waals surface area contributed by atoms with Gasteiger partial charge in [-0.3, -0.25) is 0 Å². The Morgan fingerprint density at radius 1 is 1.21 bits per heavy atom. The highest BCUT2D eigenvalue weighted by Crippen LogP contribution is 2.09. The van der Waals surface area contributed by atoms with Crippen LogP contribution in [0.5, 0.6) is 0 Å². The minimum atomic E-state index is -0.211. The summed E-state index contributed by atoms with van der Waals surface area (Å²) in [6.45, 7) is 1.62. The molecular formula is C15H22N2O2. The molecule has 1 unspecified atom stereocenters. The zero-order valence-electron chi connectivity index (χ0n) is 11.2. The average molecular weight is 262 g/mol. The highest BCUT2D eigenvalue weighted by molar-refractivity contribution is 5.74. The second-order valence-electron chi connectivity index (χ2n) is 5.07. The third kappa shape index (κ3) is 4.24. The van der Waals surface area contributed by atoms with Gasteiger partial charge in [-0.05, 0) is 31.2 Å². The second-order valence-corrected chi connectivity index (χ2v) is 5.07. The summed E-state index contributed by atoms with van der Waals surface area (Å²) in [5, 5.41) is 12.3. The molecule has 1 aromatic rings. The molecule has 104 valence electrons. The van der Waals surface area contributed by atoms with Crippen molar-refractivity contribution in [2.24, 2.45) is 0 Å². The lowest BCUT2D eigenvalue weighted by Crippen LogP contribution is -2.48. The molecule has 4 nitrogen and oxygen atoms in total. The minimum Gasteiger partial charge on any atom is -0.394 e. The molecule has 1 aromatic carbocycles. The Labute approximate surface area is 114 Å². The molecule has 0 spiro atoms. The molecular weight excluding hydrogens is 240 g/mol. The first-order valence-corrected chi connectivity index (χ1v) is 7.00. The maximum Gasteiger partial charge on any atom is 0.317 e. The Morgan fingerprint density at radius 3 is 2.53 bits per heavy atom. The maximum atomic E-state index is 12.1. The van der Waals surface area contributed by atoms with Gasteiger partial charge in [0.1, 0.15) is 0 Å². The molecule has 0 radical (unpaired) electrons. The van der Waals surface area contributed by atoms with E-state index in [1.54, 1.807) is 0 Å². The highest BCUT2D eigenvalue weighted by Gasteiger charge is 2.19. The number of nitrogens with one attached hydrogen (secondary N) is 1. The first-order chi connectivity index (χ1) is 9.29. The van der Waals surface area contributed by atoms with E-state index >= 15 is 0 Å². The second kappa shape index (κ2) is 7.14. The zero-order valence-corrected chi connectivity index (χ0v) is 11.2. The molecule has 1 fully saturated rings. The number of likely N-dealkylation sites (tertiary alicyclic amines) is 1. The van der Waals surface area contributed by atoms with E-state index in [-0.39, 0.29) is 18.7 Å². The van der Waals surface area contributed by atoms with E-state index in [9.17, 15) is 9.90 Å². The van der Waals surface area contributed by atoms with Gasteiger partial charge in [-0.2, -0.15) is 0 Å². The van der Waals surface area contributed by atoms with Gasteiger partial charge in [0.05, 0.1) is 12.6 Å². The molecule has 0 aromatic heterocycles. The van der Waals surface area contributed by atoms with Gasteiger partial charge in [0.25, 0.3) is 0 Å². The Balaban J connectivity index is 1.86. The Kier molecular flexibility index (Phi) is 5.21. The summed E-state index contributed by atoms with van der Waals surface area (Å²) in [5.41, 5.74) is 1.13. The van der Waals surface area contributed by atoms with E-state index in [4.69, 9.17) is 0 Å². The van der Waals surface area contributed by atoms with E-state index in [0.29, 0.717) is 6.42 Å². The highest BCUT2D eigenvalue weighted by atomic mass is 16.3. The predicted molar refractivity (Wildman–Crippen MR) is 75.0 cm³/mol. The summed E-state index contributed by atoms with van der Waals surface area (Å²) < 4.78 is 0. The minimum absolute atomic E-state index is 0.0333. The first-order valence-electron chi connectivity index (χ1n) is 7.00. The predicted octanol–water partition coefficient (Wildman–Crippen LogP) is 1.79. The summed E-state index contributed by atoms with van der Waals surface area (Å²) in [6.07, 6.45) is 4.03. The average Bonchev–Trinajstić information content (AvgIpc) is 2.48.